The van der Waals surface area contributed by atoms with E-state index in [-0.39, 0.29) is 29.7 Å². The third-order valence-electron chi connectivity index (χ3n) is 5.38. The summed E-state index contributed by atoms with van der Waals surface area (Å²) in [5.74, 6) is -0.504. The number of benzene rings is 1. The van der Waals surface area contributed by atoms with Crippen molar-refractivity contribution in [3.05, 3.63) is 69.0 Å². The lowest BCUT2D eigenvalue weighted by molar-refractivity contribution is -0.121. The Morgan fingerprint density at radius 2 is 2.06 bits per heavy atom. The Hall–Kier alpha value is -3.33. The average Bonchev–Trinajstić information content (AvgIpc) is 3.31. The van der Waals surface area contributed by atoms with Crippen molar-refractivity contribution in [1.29, 1.82) is 0 Å². The van der Waals surface area contributed by atoms with E-state index in [1.165, 1.54) is 27.9 Å². The van der Waals surface area contributed by atoms with Gasteiger partial charge in [0.05, 0.1) is 23.4 Å². The molecule has 0 saturated heterocycles. The number of rotatable bonds is 6. The second kappa shape index (κ2) is 8.66. The number of nitrogens with one attached hydrogen (secondary N) is 1. The van der Waals surface area contributed by atoms with Crippen LogP contribution in [0.1, 0.15) is 37.4 Å². The van der Waals surface area contributed by atoms with Crippen molar-refractivity contribution in [2.75, 3.05) is 0 Å². The zero-order chi connectivity index (χ0) is 23.0. The molecule has 1 unspecified atom stereocenters. The van der Waals surface area contributed by atoms with Crippen molar-refractivity contribution in [3.63, 3.8) is 0 Å². The molecule has 1 amide bonds. The van der Waals surface area contributed by atoms with Gasteiger partial charge in [-0.2, -0.15) is 5.10 Å². The van der Waals surface area contributed by atoms with Crippen LogP contribution in [0.25, 0.3) is 21.9 Å². The van der Waals surface area contributed by atoms with E-state index in [0.29, 0.717) is 33.3 Å². The van der Waals surface area contributed by atoms with E-state index in [1.807, 2.05) is 20.8 Å². The SMILES string of the molecule is CCC(C)NC(=O)Cc1csc2nc(C)c(-c3cc(C)n(-c4cccc(F)c4)n3)c(=O)n12. The first-order valence-electron chi connectivity index (χ1n) is 10.4. The Labute approximate surface area is 188 Å². The molecule has 1 atom stereocenters. The summed E-state index contributed by atoms with van der Waals surface area (Å²) in [5.41, 5.74) is 3.01. The second-order valence-electron chi connectivity index (χ2n) is 7.84. The molecule has 0 spiro atoms. The van der Waals surface area contributed by atoms with E-state index in [9.17, 15) is 14.0 Å². The standard InChI is InChI=1S/C23H24FN5O2S/c1-5-13(2)25-20(30)11-18-12-32-23-26-15(4)21(22(31)28(18)23)19-9-14(3)29(27-19)17-8-6-7-16(24)10-17/h6-10,12-13H,5,11H2,1-4H3,(H,25,30). The minimum absolute atomic E-state index is 0.0646. The molecule has 32 heavy (non-hydrogen) atoms. The highest BCUT2D eigenvalue weighted by Crippen LogP contribution is 2.23. The fourth-order valence-corrected chi connectivity index (χ4v) is 4.51. The number of hydrogen-bond acceptors (Lipinski definition) is 5. The molecule has 7 nitrogen and oxygen atoms in total. The molecule has 0 bridgehead atoms. The molecule has 1 N–H and O–H groups in total. The summed E-state index contributed by atoms with van der Waals surface area (Å²) in [7, 11) is 0. The van der Waals surface area contributed by atoms with Crippen LogP contribution in [0.3, 0.4) is 0 Å². The quantitative estimate of drug-likeness (QED) is 0.481. The summed E-state index contributed by atoms with van der Waals surface area (Å²) < 4.78 is 16.8. The maximum absolute atomic E-state index is 13.7. The molecule has 4 aromatic rings. The Balaban J connectivity index is 1.78. The van der Waals surface area contributed by atoms with Crippen LogP contribution in [0.4, 0.5) is 4.39 Å². The monoisotopic (exact) mass is 453 g/mol. The van der Waals surface area contributed by atoms with E-state index >= 15 is 0 Å². The van der Waals surface area contributed by atoms with Crippen LogP contribution in [0, 0.1) is 19.7 Å². The summed E-state index contributed by atoms with van der Waals surface area (Å²) in [6.07, 6.45) is 0.916. The van der Waals surface area contributed by atoms with Crippen LogP contribution < -0.4 is 10.9 Å². The lowest BCUT2D eigenvalue weighted by Crippen LogP contribution is -2.34. The fraction of sp³-hybridized carbons (Fsp3) is 0.304. The average molecular weight is 454 g/mol. The zero-order valence-electron chi connectivity index (χ0n) is 18.3. The van der Waals surface area contributed by atoms with Crippen molar-refractivity contribution in [2.45, 2.75) is 46.6 Å². The molecule has 166 valence electrons. The van der Waals surface area contributed by atoms with Crippen molar-refractivity contribution in [3.8, 4) is 16.9 Å². The zero-order valence-corrected chi connectivity index (χ0v) is 19.2. The summed E-state index contributed by atoms with van der Waals surface area (Å²) in [5, 5.41) is 9.28. The summed E-state index contributed by atoms with van der Waals surface area (Å²) in [6.45, 7) is 7.55. The molecule has 4 rings (SSSR count). The number of aryl methyl sites for hydroxylation is 2. The smallest absolute Gasteiger partial charge is 0.268 e. The van der Waals surface area contributed by atoms with E-state index in [0.717, 1.165) is 12.1 Å². The van der Waals surface area contributed by atoms with E-state index in [1.54, 1.807) is 35.2 Å². The number of thiazole rings is 1. The minimum atomic E-state index is -0.364. The van der Waals surface area contributed by atoms with Gasteiger partial charge < -0.3 is 5.32 Å². The highest BCUT2D eigenvalue weighted by molar-refractivity contribution is 7.15. The van der Waals surface area contributed by atoms with Gasteiger partial charge in [-0.15, -0.1) is 11.3 Å². The Kier molecular flexibility index (Phi) is 5.92. The van der Waals surface area contributed by atoms with Gasteiger partial charge in [-0.25, -0.2) is 14.1 Å². The molecule has 1 aromatic carbocycles. The number of halogens is 1. The van der Waals surface area contributed by atoms with Gasteiger partial charge >= 0.3 is 0 Å². The van der Waals surface area contributed by atoms with Crippen LogP contribution in [0.2, 0.25) is 0 Å². The van der Waals surface area contributed by atoms with Crippen LogP contribution in [-0.4, -0.2) is 31.1 Å². The van der Waals surface area contributed by atoms with E-state index < -0.39 is 0 Å². The largest absolute Gasteiger partial charge is 0.353 e. The fourth-order valence-electron chi connectivity index (χ4n) is 3.58. The molecule has 3 aromatic heterocycles. The Morgan fingerprint density at radius 3 is 2.78 bits per heavy atom. The van der Waals surface area contributed by atoms with Crippen molar-refractivity contribution < 1.29 is 9.18 Å². The van der Waals surface area contributed by atoms with Gasteiger partial charge in [0.25, 0.3) is 5.56 Å². The van der Waals surface area contributed by atoms with Crippen LogP contribution in [0.15, 0.2) is 40.5 Å². The number of aromatic nitrogens is 4. The number of carbonyl (C=O) groups excluding carboxylic acids is 1. The normalized spacial score (nSPS) is 12.3. The first kappa shape index (κ1) is 21.9. The summed E-state index contributed by atoms with van der Waals surface area (Å²) in [4.78, 5) is 31.0. The van der Waals surface area contributed by atoms with Gasteiger partial charge in [-0.3, -0.25) is 14.0 Å². The molecule has 0 radical (unpaired) electrons. The van der Waals surface area contributed by atoms with Gasteiger partial charge in [-0.05, 0) is 51.5 Å². The van der Waals surface area contributed by atoms with Crippen LogP contribution >= 0.6 is 11.3 Å². The maximum atomic E-state index is 13.7. The van der Waals surface area contributed by atoms with Crippen molar-refractivity contribution in [1.82, 2.24) is 24.5 Å². The van der Waals surface area contributed by atoms with Crippen molar-refractivity contribution in [2.24, 2.45) is 0 Å². The number of hydrogen-bond donors (Lipinski definition) is 1. The summed E-state index contributed by atoms with van der Waals surface area (Å²) >= 11 is 1.32. The van der Waals surface area contributed by atoms with Gasteiger partial charge in [0.2, 0.25) is 5.91 Å². The minimum Gasteiger partial charge on any atom is -0.353 e. The topological polar surface area (TPSA) is 81.3 Å². The first-order chi connectivity index (χ1) is 15.3. The molecule has 0 fully saturated rings. The predicted molar refractivity (Wildman–Crippen MR) is 123 cm³/mol. The van der Waals surface area contributed by atoms with Crippen LogP contribution in [0.5, 0.6) is 0 Å². The highest BCUT2D eigenvalue weighted by atomic mass is 32.1. The molecule has 0 aliphatic heterocycles. The third kappa shape index (κ3) is 4.08. The lowest BCUT2D eigenvalue weighted by atomic mass is 10.1. The van der Waals surface area contributed by atoms with E-state index in [4.69, 9.17) is 0 Å². The Morgan fingerprint density at radius 1 is 1.28 bits per heavy atom. The van der Waals surface area contributed by atoms with E-state index in [2.05, 4.69) is 15.4 Å². The molecular weight excluding hydrogens is 429 g/mol. The third-order valence-corrected chi connectivity index (χ3v) is 6.25. The molecule has 3 heterocycles. The number of fused-ring (bicyclic) bond motifs is 1. The van der Waals surface area contributed by atoms with Gasteiger partial charge in [0.15, 0.2) is 4.96 Å². The molecule has 0 saturated carbocycles. The second-order valence-corrected chi connectivity index (χ2v) is 8.68. The molecule has 0 aliphatic carbocycles. The first-order valence-corrected chi connectivity index (χ1v) is 11.3. The van der Waals surface area contributed by atoms with Crippen LogP contribution in [-0.2, 0) is 11.2 Å². The highest BCUT2D eigenvalue weighted by Gasteiger charge is 2.20. The maximum Gasteiger partial charge on any atom is 0.268 e. The lowest BCUT2D eigenvalue weighted by Gasteiger charge is -2.11. The van der Waals surface area contributed by atoms with Gasteiger partial charge in [0.1, 0.15) is 11.5 Å². The molecule has 0 aliphatic rings. The van der Waals surface area contributed by atoms with Gasteiger partial charge in [-0.1, -0.05) is 13.0 Å². The molecule has 9 heteroatoms. The molecular formula is C23H24FN5O2S. The predicted octanol–water partition coefficient (Wildman–Crippen LogP) is 3.82. The number of carbonyl (C=O) groups is 1. The van der Waals surface area contributed by atoms with Gasteiger partial charge in [0, 0.05) is 22.8 Å². The van der Waals surface area contributed by atoms with Crippen molar-refractivity contribution >= 4 is 22.2 Å². The Bertz CT molecular complexity index is 1370. The summed E-state index contributed by atoms with van der Waals surface area (Å²) in [6, 6.07) is 7.96. The number of nitrogens with zero attached hydrogens (tertiary/aromatic N) is 4. The number of amides is 1.